The Kier molecular flexibility index (Phi) is 6.14. The molecular formula is C16H26ClN3. The summed E-state index contributed by atoms with van der Waals surface area (Å²) in [5, 5.41) is 4.28. The van der Waals surface area contributed by atoms with Gasteiger partial charge in [0.25, 0.3) is 0 Å². The predicted octanol–water partition coefficient (Wildman–Crippen LogP) is 2.98. The van der Waals surface area contributed by atoms with E-state index in [2.05, 4.69) is 35.0 Å². The van der Waals surface area contributed by atoms with E-state index in [9.17, 15) is 0 Å². The van der Waals surface area contributed by atoms with Gasteiger partial charge in [-0.1, -0.05) is 37.6 Å². The van der Waals surface area contributed by atoms with Crippen LogP contribution in [0.2, 0.25) is 5.02 Å². The predicted molar refractivity (Wildman–Crippen MR) is 87.8 cm³/mol. The van der Waals surface area contributed by atoms with E-state index < -0.39 is 0 Å². The van der Waals surface area contributed by atoms with Crippen LogP contribution in [-0.4, -0.2) is 44.2 Å². The smallest absolute Gasteiger partial charge is 0.0642 e. The van der Waals surface area contributed by atoms with Gasteiger partial charge in [-0.25, -0.2) is 0 Å². The molecule has 0 aliphatic carbocycles. The molecule has 0 amide bonds. The van der Waals surface area contributed by atoms with Crippen LogP contribution in [0.1, 0.15) is 25.8 Å². The molecule has 3 nitrogen and oxygen atoms in total. The van der Waals surface area contributed by atoms with Crippen molar-refractivity contribution in [1.29, 1.82) is 0 Å². The fraction of sp³-hybridized carbons (Fsp3) is 0.625. The molecule has 1 fully saturated rings. The first kappa shape index (κ1) is 15.6. The zero-order chi connectivity index (χ0) is 14.4. The maximum absolute atomic E-state index is 6.46. The monoisotopic (exact) mass is 295 g/mol. The van der Waals surface area contributed by atoms with Gasteiger partial charge in [-0.05, 0) is 31.1 Å². The fourth-order valence-corrected chi connectivity index (χ4v) is 3.14. The van der Waals surface area contributed by atoms with Gasteiger partial charge in [0.15, 0.2) is 0 Å². The molecule has 1 aromatic rings. The van der Waals surface area contributed by atoms with Crippen molar-refractivity contribution in [2.24, 2.45) is 0 Å². The summed E-state index contributed by atoms with van der Waals surface area (Å²) < 4.78 is 0. The number of para-hydroxylation sites is 1. The Morgan fingerprint density at radius 3 is 2.55 bits per heavy atom. The molecule has 20 heavy (non-hydrogen) atoms. The molecule has 4 heteroatoms. The number of halogens is 1. The highest BCUT2D eigenvalue weighted by molar-refractivity contribution is 6.33. The Balaban J connectivity index is 2.08. The highest BCUT2D eigenvalue weighted by Crippen LogP contribution is 2.30. The summed E-state index contributed by atoms with van der Waals surface area (Å²) in [5.41, 5.74) is 2.54. The maximum atomic E-state index is 6.46. The molecule has 0 aromatic heterocycles. The third kappa shape index (κ3) is 3.87. The van der Waals surface area contributed by atoms with Gasteiger partial charge >= 0.3 is 0 Å². The number of hydrogen-bond acceptors (Lipinski definition) is 3. The molecule has 2 rings (SSSR count). The Hall–Kier alpha value is -0.770. The lowest BCUT2D eigenvalue weighted by molar-refractivity contribution is 0.258. The molecule has 0 radical (unpaired) electrons. The molecule has 1 aliphatic rings. The van der Waals surface area contributed by atoms with Gasteiger partial charge in [0.05, 0.1) is 10.7 Å². The third-order valence-corrected chi connectivity index (χ3v) is 4.17. The minimum absolute atomic E-state index is 0.879. The van der Waals surface area contributed by atoms with Gasteiger partial charge < -0.3 is 10.2 Å². The molecule has 1 aliphatic heterocycles. The summed E-state index contributed by atoms with van der Waals surface area (Å²) in [6.07, 6.45) is 1.23. The molecule has 1 saturated heterocycles. The number of nitrogens with one attached hydrogen (secondary N) is 1. The first-order valence-corrected chi connectivity index (χ1v) is 8.09. The molecule has 0 saturated carbocycles. The van der Waals surface area contributed by atoms with E-state index in [1.165, 1.54) is 24.2 Å². The molecule has 0 unspecified atom stereocenters. The van der Waals surface area contributed by atoms with Crippen molar-refractivity contribution >= 4 is 17.3 Å². The van der Waals surface area contributed by atoms with Gasteiger partial charge in [0, 0.05) is 32.7 Å². The van der Waals surface area contributed by atoms with E-state index in [4.69, 9.17) is 11.6 Å². The van der Waals surface area contributed by atoms with E-state index in [1.54, 1.807) is 0 Å². The highest BCUT2D eigenvalue weighted by atomic mass is 35.5. The molecular weight excluding hydrogens is 270 g/mol. The van der Waals surface area contributed by atoms with Crippen molar-refractivity contribution in [1.82, 2.24) is 10.2 Å². The number of piperazine rings is 1. The lowest BCUT2D eigenvalue weighted by atomic mass is 10.1. The zero-order valence-electron chi connectivity index (χ0n) is 12.7. The molecule has 0 spiro atoms. The second-order valence-corrected chi connectivity index (χ2v) is 5.76. The van der Waals surface area contributed by atoms with Crippen LogP contribution in [0, 0.1) is 0 Å². The maximum Gasteiger partial charge on any atom is 0.0642 e. The van der Waals surface area contributed by atoms with Gasteiger partial charge in [0.2, 0.25) is 0 Å². The summed E-state index contributed by atoms with van der Waals surface area (Å²) in [6, 6.07) is 6.24. The molecule has 0 bridgehead atoms. The molecule has 1 aromatic carbocycles. The lowest BCUT2D eigenvalue weighted by Crippen LogP contribution is -2.47. The van der Waals surface area contributed by atoms with Crippen molar-refractivity contribution in [3.05, 3.63) is 28.8 Å². The van der Waals surface area contributed by atoms with E-state index in [0.717, 1.165) is 44.3 Å². The molecule has 112 valence electrons. The fourth-order valence-electron chi connectivity index (χ4n) is 2.83. The Bertz CT molecular complexity index is 414. The Morgan fingerprint density at radius 1 is 1.15 bits per heavy atom. The van der Waals surface area contributed by atoms with E-state index in [-0.39, 0.29) is 0 Å². The van der Waals surface area contributed by atoms with Crippen LogP contribution in [0.3, 0.4) is 0 Å². The van der Waals surface area contributed by atoms with Crippen LogP contribution in [0.5, 0.6) is 0 Å². The van der Waals surface area contributed by atoms with Crippen LogP contribution in [0.15, 0.2) is 18.2 Å². The normalized spacial score (nSPS) is 16.6. The van der Waals surface area contributed by atoms with E-state index in [0.29, 0.717) is 0 Å². The van der Waals surface area contributed by atoms with Gasteiger partial charge in [-0.3, -0.25) is 4.90 Å². The molecule has 1 N–H and O–H groups in total. The second kappa shape index (κ2) is 7.87. The van der Waals surface area contributed by atoms with Gasteiger partial charge in [0.1, 0.15) is 0 Å². The lowest BCUT2D eigenvalue weighted by Gasteiger charge is -2.37. The van der Waals surface area contributed by atoms with Crippen molar-refractivity contribution in [3.63, 3.8) is 0 Å². The number of benzene rings is 1. The van der Waals surface area contributed by atoms with Crippen LogP contribution in [0.4, 0.5) is 5.69 Å². The SMILES string of the molecule is CCCN1CCN(c2c(Cl)cccc2CNCC)CC1. The number of nitrogens with zero attached hydrogens (tertiary/aromatic N) is 2. The average molecular weight is 296 g/mol. The minimum Gasteiger partial charge on any atom is -0.368 e. The summed E-state index contributed by atoms with van der Waals surface area (Å²) in [7, 11) is 0. The Labute approximate surface area is 127 Å². The highest BCUT2D eigenvalue weighted by Gasteiger charge is 2.20. The first-order valence-electron chi connectivity index (χ1n) is 7.71. The third-order valence-electron chi connectivity index (χ3n) is 3.86. The average Bonchev–Trinajstić information content (AvgIpc) is 2.47. The zero-order valence-corrected chi connectivity index (χ0v) is 13.4. The van der Waals surface area contributed by atoms with Crippen LogP contribution in [-0.2, 0) is 6.54 Å². The van der Waals surface area contributed by atoms with Crippen LogP contribution in [0.25, 0.3) is 0 Å². The standard InChI is InChI=1S/C16H26ClN3/c1-3-8-19-9-11-20(12-10-19)16-14(13-18-4-2)6-5-7-15(16)17/h5-7,18H,3-4,8-13H2,1-2H3. The second-order valence-electron chi connectivity index (χ2n) is 5.36. The van der Waals surface area contributed by atoms with Gasteiger partial charge in [-0.15, -0.1) is 0 Å². The number of rotatable bonds is 6. The molecule has 0 atom stereocenters. The summed E-state index contributed by atoms with van der Waals surface area (Å²) in [5.74, 6) is 0. The summed E-state index contributed by atoms with van der Waals surface area (Å²) in [4.78, 5) is 4.98. The van der Waals surface area contributed by atoms with Crippen molar-refractivity contribution < 1.29 is 0 Å². The van der Waals surface area contributed by atoms with Crippen molar-refractivity contribution in [2.45, 2.75) is 26.8 Å². The minimum atomic E-state index is 0.879. The largest absolute Gasteiger partial charge is 0.368 e. The first-order chi connectivity index (χ1) is 9.76. The van der Waals surface area contributed by atoms with Crippen LogP contribution < -0.4 is 10.2 Å². The van der Waals surface area contributed by atoms with Crippen molar-refractivity contribution in [3.8, 4) is 0 Å². The molecule has 1 heterocycles. The van der Waals surface area contributed by atoms with Gasteiger partial charge in [-0.2, -0.15) is 0 Å². The Morgan fingerprint density at radius 2 is 1.90 bits per heavy atom. The van der Waals surface area contributed by atoms with E-state index in [1.807, 2.05) is 12.1 Å². The summed E-state index contributed by atoms with van der Waals surface area (Å²) in [6.45, 7) is 11.9. The van der Waals surface area contributed by atoms with E-state index >= 15 is 0 Å². The number of hydrogen-bond donors (Lipinski definition) is 1. The van der Waals surface area contributed by atoms with Crippen molar-refractivity contribution in [2.75, 3.05) is 44.2 Å². The summed E-state index contributed by atoms with van der Waals surface area (Å²) >= 11 is 6.46. The number of anilines is 1. The topological polar surface area (TPSA) is 18.5 Å². The van der Waals surface area contributed by atoms with Crippen LogP contribution >= 0.6 is 11.6 Å². The quantitative estimate of drug-likeness (QED) is 0.870.